The van der Waals surface area contributed by atoms with Gasteiger partial charge in [-0.25, -0.2) is 9.97 Å². The van der Waals surface area contributed by atoms with Gasteiger partial charge < -0.3 is 30.5 Å². The summed E-state index contributed by atoms with van der Waals surface area (Å²) in [6.07, 6.45) is 6.15. The summed E-state index contributed by atoms with van der Waals surface area (Å²) in [5.41, 5.74) is 6.72. The predicted molar refractivity (Wildman–Crippen MR) is 188 cm³/mol. The number of pyridine rings is 2. The third kappa shape index (κ3) is 7.75. The Morgan fingerprint density at radius 3 is 1.77 bits per heavy atom. The number of aliphatic hydroxyl groups is 1. The highest BCUT2D eigenvalue weighted by Gasteiger charge is 2.22. The lowest BCUT2D eigenvalue weighted by atomic mass is 9.96. The van der Waals surface area contributed by atoms with Gasteiger partial charge in [0.1, 0.15) is 6.23 Å². The first-order valence-corrected chi connectivity index (χ1v) is 16.9. The minimum Gasteiger partial charge on any atom is -0.481 e. The van der Waals surface area contributed by atoms with Crippen LogP contribution in [0.5, 0.6) is 11.8 Å². The number of methoxy groups -OCH3 is 2. The number of nitrogens with zero attached hydrogens (tertiary/aromatic N) is 2. The van der Waals surface area contributed by atoms with E-state index in [0.29, 0.717) is 47.9 Å². The lowest BCUT2D eigenvalue weighted by molar-refractivity contribution is -0.119. The Bertz CT molecular complexity index is 1770. The molecule has 10 nitrogen and oxygen atoms in total. The third-order valence-electron chi connectivity index (χ3n) is 8.86. The molecule has 2 aliphatic rings. The Hall–Kier alpha value is -3.77. The summed E-state index contributed by atoms with van der Waals surface area (Å²) in [4.78, 5) is 20.7. The van der Waals surface area contributed by atoms with Crippen LogP contribution in [0, 0.1) is 0 Å². The molecule has 48 heavy (non-hydrogen) atoms. The van der Waals surface area contributed by atoms with Crippen molar-refractivity contribution in [3.8, 4) is 45.1 Å². The summed E-state index contributed by atoms with van der Waals surface area (Å²) >= 11 is 14.3. The minimum absolute atomic E-state index is 0.0940. The first-order valence-electron chi connectivity index (χ1n) is 16.1. The van der Waals surface area contributed by atoms with E-state index in [0.717, 1.165) is 70.3 Å². The summed E-state index contributed by atoms with van der Waals surface area (Å²) < 4.78 is 11.1. The highest BCUT2D eigenvalue weighted by atomic mass is 35.5. The standard InChI is InChI=1S/C36H40Cl2N6O4/c1-47-35-23(15-39-19-25-9-11-31(45)43-25)13-21(17-41-35)27-5-3-7-29(33(27)37)30-8-4-6-28(34(30)38)22-14-24(36(48-2)42-18-22)16-40-20-26-10-12-32(46)44-26/h3-8,13-14,17-18,25-26,31,39-40,43,45H,9-12,15-16,19-20H2,1-2H3,(H,44,46)/t25-,26-,31?/m0/s1. The Balaban J connectivity index is 1.24. The van der Waals surface area contributed by atoms with Gasteiger partial charge in [0.15, 0.2) is 0 Å². The molecule has 0 bridgehead atoms. The molecule has 1 amide bonds. The number of halogens is 2. The van der Waals surface area contributed by atoms with Gasteiger partial charge in [0.25, 0.3) is 0 Å². The second-order valence-corrected chi connectivity index (χ2v) is 12.9. The van der Waals surface area contributed by atoms with Crippen molar-refractivity contribution in [2.75, 3.05) is 27.3 Å². The first-order chi connectivity index (χ1) is 23.3. The van der Waals surface area contributed by atoms with Gasteiger partial charge in [-0.2, -0.15) is 0 Å². The van der Waals surface area contributed by atoms with Gasteiger partial charge in [0.2, 0.25) is 17.7 Å². The smallest absolute Gasteiger partial charge is 0.220 e. The van der Waals surface area contributed by atoms with Gasteiger partial charge in [-0.05, 0) is 31.4 Å². The van der Waals surface area contributed by atoms with Gasteiger partial charge in [-0.3, -0.25) is 10.1 Å². The van der Waals surface area contributed by atoms with Crippen molar-refractivity contribution in [1.82, 2.24) is 31.2 Å². The molecule has 1 unspecified atom stereocenters. The lowest BCUT2D eigenvalue weighted by Crippen LogP contribution is -2.37. The molecule has 252 valence electrons. The van der Waals surface area contributed by atoms with Crippen LogP contribution in [0.25, 0.3) is 33.4 Å². The van der Waals surface area contributed by atoms with Crippen molar-refractivity contribution in [2.45, 2.75) is 57.1 Å². The third-order valence-corrected chi connectivity index (χ3v) is 9.68. The zero-order valence-corrected chi connectivity index (χ0v) is 28.5. The van der Waals surface area contributed by atoms with Crippen LogP contribution in [0.15, 0.2) is 60.9 Å². The maximum Gasteiger partial charge on any atom is 0.220 e. The van der Waals surface area contributed by atoms with Gasteiger partial charge >= 0.3 is 0 Å². The average Bonchev–Trinajstić information content (AvgIpc) is 3.71. The van der Waals surface area contributed by atoms with Gasteiger partial charge in [-0.1, -0.05) is 59.6 Å². The molecule has 4 aromatic rings. The Labute approximate surface area is 290 Å². The molecule has 0 aliphatic carbocycles. The van der Waals surface area contributed by atoms with Gasteiger partial charge in [-0.15, -0.1) is 0 Å². The number of hydrogen-bond acceptors (Lipinski definition) is 9. The van der Waals surface area contributed by atoms with Crippen molar-refractivity contribution >= 4 is 29.1 Å². The van der Waals surface area contributed by atoms with Crippen molar-refractivity contribution < 1.29 is 19.4 Å². The summed E-state index contributed by atoms with van der Waals surface area (Å²) in [5.74, 6) is 1.17. The zero-order chi connectivity index (χ0) is 33.6. The van der Waals surface area contributed by atoms with Crippen LogP contribution < -0.4 is 30.7 Å². The fraction of sp³-hybridized carbons (Fsp3) is 0.361. The van der Waals surface area contributed by atoms with E-state index >= 15 is 0 Å². The molecule has 4 heterocycles. The van der Waals surface area contributed by atoms with Crippen LogP contribution in [0.2, 0.25) is 10.0 Å². The quantitative estimate of drug-likeness (QED) is 0.126. The summed E-state index contributed by atoms with van der Waals surface area (Å²) in [7, 11) is 3.21. The second-order valence-electron chi connectivity index (χ2n) is 12.1. The van der Waals surface area contributed by atoms with E-state index in [1.165, 1.54) is 0 Å². The molecule has 0 saturated carbocycles. The molecule has 5 N–H and O–H groups in total. The summed E-state index contributed by atoms with van der Waals surface area (Å²) in [5, 5.41) is 23.9. The average molecular weight is 692 g/mol. The maximum atomic E-state index is 11.6. The minimum atomic E-state index is -0.438. The molecule has 0 spiro atoms. The molecule has 2 saturated heterocycles. The molecular formula is C36H40Cl2N6O4. The van der Waals surface area contributed by atoms with Crippen LogP contribution >= 0.6 is 23.2 Å². The van der Waals surface area contributed by atoms with Crippen LogP contribution in [0.3, 0.4) is 0 Å². The van der Waals surface area contributed by atoms with E-state index in [4.69, 9.17) is 32.7 Å². The van der Waals surface area contributed by atoms with Crippen LogP contribution in [-0.2, 0) is 17.9 Å². The van der Waals surface area contributed by atoms with E-state index in [1.807, 2.05) is 48.5 Å². The number of nitrogens with one attached hydrogen (secondary N) is 4. The summed E-state index contributed by atoms with van der Waals surface area (Å²) in [6.45, 7) is 2.45. The number of hydrogen-bond donors (Lipinski definition) is 5. The zero-order valence-electron chi connectivity index (χ0n) is 27.0. The monoisotopic (exact) mass is 690 g/mol. The fourth-order valence-electron chi connectivity index (χ4n) is 6.39. The molecule has 2 fully saturated rings. The molecule has 2 aromatic carbocycles. The number of aromatic nitrogens is 2. The number of aliphatic hydroxyl groups excluding tert-OH is 1. The van der Waals surface area contributed by atoms with E-state index in [-0.39, 0.29) is 18.0 Å². The topological polar surface area (TPSA) is 130 Å². The largest absolute Gasteiger partial charge is 0.481 e. The number of carbonyl (C=O) groups excluding carboxylic acids is 1. The van der Waals surface area contributed by atoms with Gasteiger partial charge in [0, 0.05) is 102 Å². The normalized spacial score (nSPS) is 19.0. The highest BCUT2D eigenvalue weighted by Crippen LogP contribution is 2.43. The Morgan fingerprint density at radius 2 is 1.31 bits per heavy atom. The number of benzene rings is 2. The van der Waals surface area contributed by atoms with Crippen LogP contribution in [0.1, 0.15) is 36.8 Å². The van der Waals surface area contributed by atoms with E-state index in [1.54, 1.807) is 26.6 Å². The molecule has 2 aliphatic heterocycles. The van der Waals surface area contributed by atoms with Gasteiger partial charge in [0.05, 0.1) is 24.3 Å². The van der Waals surface area contributed by atoms with Crippen LogP contribution in [0.4, 0.5) is 0 Å². The molecule has 6 rings (SSSR count). The molecule has 12 heteroatoms. The molecular weight excluding hydrogens is 651 g/mol. The lowest BCUT2D eigenvalue weighted by Gasteiger charge is -2.17. The molecule has 3 atom stereocenters. The van der Waals surface area contributed by atoms with E-state index in [2.05, 4.69) is 31.2 Å². The van der Waals surface area contributed by atoms with E-state index < -0.39 is 6.23 Å². The number of ether oxygens (including phenoxy) is 2. The second kappa shape index (κ2) is 15.6. The number of carbonyl (C=O) groups is 1. The first kappa shape index (κ1) is 34.1. The summed E-state index contributed by atoms with van der Waals surface area (Å²) in [6, 6.07) is 16.2. The van der Waals surface area contributed by atoms with Crippen molar-refractivity contribution in [2.24, 2.45) is 0 Å². The van der Waals surface area contributed by atoms with Crippen molar-refractivity contribution in [1.29, 1.82) is 0 Å². The SMILES string of the molecule is COc1ncc(-c2cccc(-c3cccc(-c4cnc(OC)c(CNC[C@@H]5CCC(O)N5)c4)c3Cl)c2Cl)cc1CNC[C@@H]1CCC(=O)N1. The predicted octanol–water partition coefficient (Wildman–Crippen LogP) is 5.33. The highest BCUT2D eigenvalue weighted by molar-refractivity contribution is 6.39. The maximum absolute atomic E-state index is 11.6. The van der Waals surface area contributed by atoms with E-state index in [9.17, 15) is 9.90 Å². The van der Waals surface area contributed by atoms with Crippen molar-refractivity contribution in [3.63, 3.8) is 0 Å². The molecule has 2 aromatic heterocycles. The Kier molecular flexibility index (Phi) is 11.1. The molecule has 0 radical (unpaired) electrons. The van der Waals surface area contributed by atoms with Crippen molar-refractivity contribution in [3.05, 3.63) is 82.1 Å². The number of rotatable bonds is 13. The number of amides is 1. The fourth-order valence-corrected chi connectivity index (χ4v) is 7.06. The van der Waals surface area contributed by atoms with Crippen LogP contribution in [-0.4, -0.2) is 66.6 Å². The Morgan fingerprint density at radius 1 is 0.792 bits per heavy atom.